The van der Waals surface area contributed by atoms with Gasteiger partial charge in [0, 0.05) is 18.5 Å². The molecule has 0 amide bonds. The summed E-state index contributed by atoms with van der Waals surface area (Å²) in [4.78, 5) is 6.95. The average molecular weight is 302 g/mol. The number of aromatic nitrogens is 1. The van der Waals surface area contributed by atoms with Crippen LogP contribution in [0.1, 0.15) is 56.8 Å². The summed E-state index contributed by atoms with van der Waals surface area (Å²) in [6.45, 7) is 10.3. The van der Waals surface area contributed by atoms with Crippen LogP contribution in [-0.4, -0.2) is 23.5 Å². The van der Waals surface area contributed by atoms with E-state index in [0.717, 1.165) is 30.4 Å². The molecule has 0 fully saturated rings. The molecule has 0 unspecified atom stereocenters. The molecule has 0 aliphatic heterocycles. The Morgan fingerprint density at radius 2 is 2.05 bits per heavy atom. The normalized spacial score (nSPS) is 12.9. The van der Waals surface area contributed by atoms with E-state index in [2.05, 4.69) is 49.7 Å². The molecule has 4 heteroatoms. The van der Waals surface area contributed by atoms with E-state index >= 15 is 0 Å². The molecular weight excluding hydrogens is 276 g/mol. The Morgan fingerprint density at radius 3 is 2.64 bits per heavy atom. The van der Waals surface area contributed by atoms with Crippen LogP contribution in [0.3, 0.4) is 0 Å². The summed E-state index contributed by atoms with van der Waals surface area (Å²) >= 11 is 0. The average Bonchev–Trinajstić information content (AvgIpc) is 3.01. The zero-order valence-electron chi connectivity index (χ0n) is 14.2. The molecule has 0 aliphatic carbocycles. The summed E-state index contributed by atoms with van der Waals surface area (Å²) in [5.41, 5.74) is 2.23. The van der Waals surface area contributed by atoms with Gasteiger partial charge in [0.25, 0.3) is 0 Å². The fourth-order valence-corrected chi connectivity index (χ4v) is 2.50. The lowest BCUT2D eigenvalue weighted by atomic mass is 10.1. The molecule has 22 heavy (non-hydrogen) atoms. The summed E-state index contributed by atoms with van der Waals surface area (Å²) < 4.78 is 10.9. The Balaban J connectivity index is 2.12. The molecule has 2 aromatic rings. The summed E-state index contributed by atoms with van der Waals surface area (Å²) in [5, 5.41) is 0. The van der Waals surface area contributed by atoms with Crippen molar-refractivity contribution in [2.75, 3.05) is 13.7 Å². The molecule has 0 bridgehead atoms. The van der Waals surface area contributed by atoms with Crippen molar-refractivity contribution in [1.29, 1.82) is 0 Å². The molecule has 1 atom stereocenters. The number of nitrogens with zero attached hydrogens (tertiary/aromatic N) is 2. The second kappa shape index (κ2) is 7.45. The molecule has 120 valence electrons. The minimum Gasteiger partial charge on any atom is -0.497 e. The van der Waals surface area contributed by atoms with E-state index < -0.39 is 0 Å². The number of methoxy groups -OCH3 is 1. The predicted octanol–water partition coefficient (Wildman–Crippen LogP) is 4.39. The predicted molar refractivity (Wildman–Crippen MR) is 88.1 cm³/mol. The number of hydrogen-bond acceptors (Lipinski definition) is 4. The zero-order chi connectivity index (χ0) is 16.1. The third kappa shape index (κ3) is 3.89. The zero-order valence-corrected chi connectivity index (χ0v) is 14.2. The molecule has 0 saturated carbocycles. The van der Waals surface area contributed by atoms with Crippen LogP contribution in [0.2, 0.25) is 0 Å². The van der Waals surface area contributed by atoms with Gasteiger partial charge in [-0.3, -0.25) is 4.90 Å². The van der Waals surface area contributed by atoms with Crippen molar-refractivity contribution in [3.05, 3.63) is 47.7 Å². The molecule has 0 N–H and O–H groups in total. The van der Waals surface area contributed by atoms with Crippen molar-refractivity contribution < 1.29 is 9.15 Å². The van der Waals surface area contributed by atoms with Crippen LogP contribution in [0.15, 0.2) is 34.9 Å². The van der Waals surface area contributed by atoms with E-state index in [9.17, 15) is 0 Å². The monoisotopic (exact) mass is 302 g/mol. The second-order valence-electron chi connectivity index (χ2n) is 5.85. The van der Waals surface area contributed by atoms with E-state index in [1.54, 1.807) is 13.4 Å². The largest absolute Gasteiger partial charge is 0.497 e. The second-order valence-corrected chi connectivity index (χ2v) is 5.85. The molecule has 1 aromatic heterocycles. The summed E-state index contributed by atoms with van der Waals surface area (Å²) in [6, 6.07) is 8.53. The Morgan fingerprint density at radius 1 is 1.27 bits per heavy atom. The smallest absolute Gasteiger partial charge is 0.196 e. The van der Waals surface area contributed by atoms with Crippen LogP contribution in [0.25, 0.3) is 0 Å². The topological polar surface area (TPSA) is 38.5 Å². The Kier molecular flexibility index (Phi) is 5.61. The highest BCUT2D eigenvalue weighted by atomic mass is 16.5. The molecular formula is C18H26N2O2. The first-order valence-electron chi connectivity index (χ1n) is 7.87. The van der Waals surface area contributed by atoms with Crippen LogP contribution >= 0.6 is 0 Å². The van der Waals surface area contributed by atoms with Crippen LogP contribution in [0.5, 0.6) is 5.75 Å². The van der Waals surface area contributed by atoms with E-state index in [-0.39, 0.29) is 0 Å². The number of ether oxygens (including phenoxy) is 1. The van der Waals surface area contributed by atoms with Gasteiger partial charge in [-0.15, -0.1) is 0 Å². The maximum absolute atomic E-state index is 5.54. The lowest BCUT2D eigenvalue weighted by Gasteiger charge is -2.27. The van der Waals surface area contributed by atoms with Gasteiger partial charge >= 0.3 is 0 Å². The third-order valence-corrected chi connectivity index (χ3v) is 3.96. The lowest BCUT2D eigenvalue weighted by molar-refractivity contribution is 0.210. The summed E-state index contributed by atoms with van der Waals surface area (Å²) in [7, 11) is 1.70. The Bertz CT molecular complexity index is 592. The third-order valence-electron chi connectivity index (χ3n) is 3.96. The van der Waals surface area contributed by atoms with E-state index in [1.165, 1.54) is 5.56 Å². The molecule has 0 aliphatic rings. The van der Waals surface area contributed by atoms with Gasteiger partial charge in [0.15, 0.2) is 5.89 Å². The van der Waals surface area contributed by atoms with Gasteiger partial charge in [0.2, 0.25) is 0 Å². The fourth-order valence-electron chi connectivity index (χ4n) is 2.50. The van der Waals surface area contributed by atoms with Crippen molar-refractivity contribution in [3.63, 3.8) is 0 Å². The van der Waals surface area contributed by atoms with E-state index in [4.69, 9.17) is 9.15 Å². The standard InChI is InChI=1S/C18H26N2O2/c1-6-20(11-16-12-22-18(19-16)13(2)3)14(4)15-8-7-9-17(10-15)21-5/h7-10,12-14H,6,11H2,1-5H3/t14-/m1/s1. The number of rotatable bonds is 7. The van der Waals surface area contributed by atoms with Gasteiger partial charge in [0.1, 0.15) is 12.0 Å². The van der Waals surface area contributed by atoms with Gasteiger partial charge in [-0.2, -0.15) is 0 Å². The van der Waals surface area contributed by atoms with Crippen molar-refractivity contribution in [2.45, 2.75) is 46.2 Å². The molecule has 0 radical (unpaired) electrons. The first-order chi connectivity index (χ1) is 10.5. The van der Waals surface area contributed by atoms with Crippen molar-refractivity contribution in [3.8, 4) is 5.75 Å². The van der Waals surface area contributed by atoms with Crippen molar-refractivity contribution in [1.82, 2.24) is 9.88 Å². The highest BCUT2D eigenvalue weighted by Crippen LogP contribution is 2.25. The first kappa shape index (κ1) is 16.6. The maximum atomic E-state index is 5.54. The van der Waals surface area contributed by atoms with Crippen molar-refractivity contribution in [2.24, 2.45) is 0 Å². The Hall–Kier alpha value is -1.81. The molecule has 0 saturated heterocycles. The minimum atomic E-state index is 0.291. The quantitative estimate of drug-likeness (QED) is 0.760. The van der Waals surface area contributed by atoms with Gasteiger partial charge in [-0.1, -0.05) is 32.9 Å². The fraction of sp³-hybridized carbons (Fsp3) is 0.500. The number of benzene rings is 1. The molecule has 0 spiro atoms. The molecule has 1 aromatic carbocycles. The maximum Gasteiger partial charge on any atom is 0.196 e. The van der Waals surface area contributed by atoms with Gasteiger partial charge in [-0.05, 0) is 31.2 Å². The van der Waals surface area contributed by atoms with Crippen molar-refractivity contribution >= 4 is 0 Å². The lowest BCUT2D eigenvalue weighted by Crippen LogP contribution is -2.26. The SMILES string of the molecule is CCN(Cc1coc(C(C)C)n1)[C@H](C)c1cccc(OC)c1. The molecule has 1 heterocycles. The highest BCUT2D eigenvalue weighted by Gasteiger charge is 2.17. The Labute approximate surface area is 133 Å². The summed E-state index contributed by atoms with van der Waals surface area (Å²) in [5.74, 6) is 2.02. The summed E-state index contributed by atoms with van der Waals surface area (Å²) in [6.07, 6.45) is 1.77. The van der Waals surface area contributed by atoms with Crippen LogP contribution in [0.4, 0.5) is 0 Å². The molecule has 2 rings (SSSR count). The van der Waals surface area contributed by atoms with Crippen LogP contribution < -0.4 is 4.74 Å². The van der Waals surface area contributed by atoms with E-state index in [1.807, 2.05) is 12.1 Å². The van der Waals surface area contributed by atoms with E-state index in [0.29, 0.717) is 12.0 Å². The first-order valence-corrected chi connectivity index (χ1v) is 7.87. The number of hydrogen-bond donors (Lipinski definition) is 0. The van der Waals surface area contributed by atoms with Crippen LogP contribution in [0, 0.1) is 0 Å². The van der Waals surface area contributed by atoms with Crippen LogP contribution in [-0.2, 0) is 6.54 Å². The minimum absolute atomic E-state index is 0.291. The highest BCUT2D eigenvalue weighted by molar-refractivity contribution is 5.30. The van der Waals surface area contributed by atoms with Gasteiger partial charge in [-0.25, -0.2) is 4.98 Å². The number of oxazole rings is 1. The van der Waals surface area contributed by atoms with Gasteiger partial charge < -0.3 is 9.15 Å². The molecule has 4 nitrogen and oxygen atoms in total. The van der Waals surface area contributed by atoms with Gasteiger partial charge in [0.05, 0.1) is 12.8 Å².